The number of piperidine rings is 1. The Hall–Kier alpha value is -1.05. The Labute approximate surface area is 112 Å². The minimum atomic E-state index is -3.42. The summed E-state index contributed by atoms with van der Waals surface area (Å²) in [7, 11) is -3.42. The van der Waals surface area contributed by atoms with Gasteiger partial charge >= 0.3 is 0 Å². The number of thiocarbonyl (C=S) groups is 1. The van der Waals surface area contributed by atoms with Gasteiger partial charge in [-0.05, 0) is 25.0 Å². The molecule has 98 valence electrons. The van der Waals surface area contributed by atoms with Gasteiger partial charge in [0.25, 0.3) is 0 Å². The number of aromatic nitrogens is 1. The number of nitrogens with two attached hydrogens (primary N) is 1. The summed E-state index contributed by atoms with van der Waals surface area (Å²) < 4.78 is 26.0. The van der Waals surface area contributed by atoms with Gasteiger partial charge in [-0.25, -0.2) is 8.42 Å². The van der Waals surface area contributed by atoms with E-state index in [0.29, 0.717) is 30.9 Å². The number of nitrogens with zero attached hydrogens (tertiary/aromatic N) is 2. The predicted octanol–water partition coefficient (Wildman–Crippen LogP) is 0.768. The molecular weight excluding hydrogens is 270 g/mol. The topological polar surface area (TPSA) is 76.3 Å². The van der Waals surface area contributed by atoms with Crippen LogP contribution in [0.2, 0.25) is 0 Å². The smallest absolute Gasteiger partial charge is 0.244 e. The van der Waals surface area contributed by atoms with Gasteiger partial charge in [0, 0.05) is 31.4 Å². The first-order valence-corrected chi connectivity index (χ1v) is 7.56. The van der Waals surface area contributed by atoms with Crippen LogP contribution in [0.4, 0.5) is 0 Å². The average molecular weight is 285 g/mol. The predicted molar refractivity (Wildman–Crippen MR) is 72.5 cm³/mol. The molecule has 1 saturated heterocycles. The van der Waals surface area contributed by atoms with Gasteiger partial charge in [0.05, 0.1) is 4.99 Å². The third kappa shape index (κ3) is 2.68. The van der Waals surface area contributed by atoms with Crippen molar-refractivity contribution in [1.82, 2.24) is 9.29 Å². The van der Waals surface area contributed by atoms with Crippen molar-refractivity contribution in [2.45, 2.75) is 17.7 Å². The highest BCUT2D eigenvalue weighted by atomic mass is 32.2. The van der Waals surface area contributed by atoms with Crippen LogP contribution >= 0.6 is 12.2 Å². The number of hydrogen-bond donors (Lipinski definition) is 1. The van der Waals surface area contributed by atoms with Crippen molar-refractivity contribution in [3.8, 4) is 0 Å². The van der Waals surface area contributed by atoms with Crippen LogP contribution in [0.3, 0.4) is 0 Å². The van der Waals surface area contributed by atoms with Gasteiger partial charge in [-0.1, -0.05) is 12.2 Å². The normalized spacial score (nSPS) is 18.7. The molecule has 0 atom stereocenters. The second-order valence-corrected chi connectivity index (χ2v) is 6.68. The van der Waals surface area contributed by atoms with Crippen LogP contribution in [-0.2, 0) is 10.0 Å². The van der Waals surface area contributed by atoms with Gasteiger partial charge in [0.15, 0.2) is 0 Å². The highest BCUT2D eigenvalue weighted by Crippen LogP contribution is 2.23. The van der Waals surface area contributed by atoms with Crippen molar-refractivity contribution >= 4 is 27.2 Å². The van der Waals surface area contributed by atoms with E-state index in [1.54, 1.807) is 18.3 Å². The fraction of sp³-hybridized carbons (Fsp3) is 0.455. The molecular formula is C11H15N3O2S2. The molecule has 2 heterocycles. The number of rotatable bonds is 3. The van der Waals surface area contributed by atoms with Crippen LogP contribution in [0, 0.1) is 5.92 Å². The van der Waals surface area contributed by atoms with Crippen molar-refractivity contribution < 1.29 is 8.42 Å². The van der Waals surface area contributed by atoms with Crippen LogP contribution in [0.1, 0.15) is 12.8 Å². The van der Waals surface area contributed by atoms with Crippen molar-refractivity contribution in [1.29, 1.82) is 0 Å². The van der Waals surface area contributed by atoms with Gasteiger partial charge in [0.1, 0.15) is 4.90 Å². The molecule has 2 rings (SSSR count). The SMILES string of the molecule is NC(=S)C1CCN(S(=O)(=O)c2cccnc2)CC1. The summed E-state index contributed by atoms with van der Waals surface area (Å²) >= 11 is 4.94. The molecule has 1 aromatic rings. The molecule has 1 aliphatic heterocycles. The van der Waals surface area contributed by atoms with Crippen LogP contribution in [0.5, 0.6) is 0 Å². The summed E-state index contributed by atoms with van der Waals surface area (Å²) in [6.45, 7) is 0.915. The van der Waals surface area contributed by atoms with Gasteiger partial charge in [-0.3, -0.25) is 4.98 Å². The fourth-order valence-corrected chi connectivity index (χ4v) is 3.70. The van der Waals surface area contributed by atoms with Gasteiger partial charge in [0.2, 0.25) is 10.0 Å². The first-order valence-electron chi connectivity index (χ1n) is 5.71. The molecule has 0 amide bonds. The van der Waals surface area contributed by atoms with E-state index < -0.39 is 10.0 Å². The average Bonchev–Trinajstić information content (AvgIpc) is 2.40. The Morgan fingerprint density at radius 3 is 2.61 bits per heavy atom. The van der Waals surface area contributed by atoms with Crippen LogP contribution in [-0.4, -0.2) is 35.8 Å². The summed E-state index contributed by atoms with van der Waals surface area (Å²) in [5, 5.41) is 0. The maximum atomic E-state index is 12.3. The molecule has 18 heavy (non-hydrogen) atoms. The van der Waals surface area contributed by atoms with Crippen molar-refractivity contribution in [2.75, 3.05) is 13.1 Å². The van der Waals surface area contributed by atoms with Crippen LogP contribution in [0.25, 0.3) is 0 Å². The second-order valence-electron chi connectivity index (χ2n) is 4.27. The lowest BCUT2D eigenvalue weighted by Gasteiger charge is -2.30. The molecule has 1 aromatic heterocycles. The first kappa shape index (κ1) is 13.4. The molecule has 7 heteroatoms. The third-order valence-electron chi connectivity index (χ3n) is 3.13. The Balaban J connectivity index is 2.12. The monoisotopic (exact) mass is 285 g/mol. The third-order valence-corrected chi connectivity index (χ3v) is 5.34. The zero-order valence-electron chi connectivity index (χ0n) is 9.82. The summed E-state index contributed by atoms with van der Waals surface area (Å²) in [6, 6.07) is 3.18. The Morgan fingerprint density at radius 1 is 1.44 bits per heavy atom. The molecule has 0 radical (unpaired) electrons. The van der Waals surface area contributed by atoms with Crippen LogP contribution < -0.4 is 5.73 Å². The molecule has 0 aromatic carbocycles. The number of pyridine rings is 1. The lowest BCUT2D eigenvalue weighted by atomic mass is 9.98. The van der Waals surface area contributed by atoms with E-state index in [1.807, 2.05) is 0 Å². The standard InChI is InChI=1S/C11H15N3O2S2/c12-11(17)9-3-6-14(7-4-9)18(15,16)10-2-1-5-13-8-10/h1-2,5,8-9H,3-4,6-7H2,(H2,12,17). The van der Waals surface area contributed by atoms with E-state index in [9.17, 15) is 8.42 Å². The minimum absolute atomic E-state index is 0.153. The lowest BCUT2D eigenvalue weighted by molar-refractivity contribution is 0.316. The van der Waals surface area contributed by atoms with E-state index in [1.165, 1.54) is 10.5 Å². The molecule has 0 aliphatic carbocycles. The Morgan fingerprint density at radius 2 is 2.11 bits per heavy atom. The number of hydrogen-bond acceptors (Lipinski definition) is 4. The summed E-state index contributed by atoms with van der Waals surface area (Å²) in [6.07, 6.45) is 4.30. The van der Waals surface area contributed by atoms with Crippen molar-refractivity contribution in [3.63, 3.8) is 0 Å². The molecule has 1 fully saturated rings. The number of sulfonamides is 1. The molecule has 2 N–H and O–H groups in total. The zero-order chi connectivity index (χ0) is 13.2. The summed E-state index contributed by atoms with van der Waals surface area (Å²) in [5.41, 5.74) is 5.59. The maximum Gasteiger partial charge on any atom is 0.244 e. The minimum Gasteiger partial charge on any atom is -0.393 e. The molecule has 1 aliphatic rings. The first-order chi connectivity index (χ1) is 8.51. The Kier molecular flexibility index (Phi) is 3.94. The van der Waals surface area contributed by atoms with Crippen LogP contribution in [0.15, 0.2) is 29.4 Å². The molecule has 0 bridgehead atoms. The van der Waals surface area contributed by atoms with E-state index in [4.69, 9.17) is 18.0 Å². The van der Waals surface area contributed by atoms with E-state index in [2.05, 4.69) is 4.98 Å². The van der Waals surface area contributed by atoms with Gasteiger partial charge < -0.3 is 5.73 Å². The quantitative estimate of drug-likeness (QED) is 0.830. The largest absolute Gasteiger partial charge is 0.393 e. The fourth-order valence-electron chi connectivity index (χ4n) is 2.03. The molecule has 0 unspecified atom stereocenters. The molecule has 5 nitrogen and oxygen atoms in total. The van der Waals surface area contributed by atoms with Crippen molar-refractivity contribution in [3.05, 3.63) is 24.5 Å². The highest BCUT2D eigenvalue weighted by Gasteiger charge is 2.30. The Bertz CT molecular complexity index is 522. The van der Waals surface area contributed by atoms with Gasteiger partial charge in [-0.2, -0.15) is 4.31 Å². The zero-order valence-corrected chi connectivity index (χ0v) is 11.5. The molecule has 0 spiro atoms. The van der Waals surface area contributed by atoms with Gasteiger partial charge in [-0.15, -0.1) is 0 Å². The summed E-state index contributed by atoms with van der Waals surface area (Å²) in [5.74, 6) is 0.153. The van der Waals surface area contributed by atoms with Crippen molar-refractivity contribution in [2.24, 2.45) is 11.7 Å². The maximum absolute atomic E-state index is 12.3. The van der Waals surface area contributed by atoms with E-state index in [-0.39, 0.29) is 10.8 Å². The van der Waals surface area contributed by atoms with E-state index in [0.717, 1.165) is 0 Å². The van der Waals surface area contributed by atoms with E-state index >= 15 is 0 Å². The lowest BCUT2D eigenvalue weighted by Crippen LogP contribution is -2.41. The summed E-state index contributed by atoms with van der Waals surface area (Å²) in [4.78, 5) is 4.56. The second kappa shape index (κ2) is 5.29. The highest BCUT2D eigenvalue weighted by molar-refractivity contribution is 7.89. The molecule has 0 saturated carbocycles.